The van der Waals surface area contributed by atoms with Crippen molar-refractivity contribution in [1.82, 2.24) is 0 Å². The molecule has 25 heavy (non-hydrogen) atoms. The van der Waals surface area contributed by atoms with Crippen LogP contribution < -0.4 is 0 Å². The predicted octanol–water partition coefficient (Wildman–Crippen LogP) is 0.535. The van der Waals surface area contributed by atoms with Crippen LogP contribution in [0.5, 0.6) is 0 Å². The van der Waals surface area contributed by atoms with Gasteiger partial charge in [-0.3, -0.25) is 0 Å². The van der Waals surface area contributed by atoms with E-state index in [1.165, 1.54) is 24.3 Å². The van der Waals surface area contributed by atoms with Gasteiger partial charge >= 0.3 is 6.18 Å². The van der Waals surface area contributed by atoms with Gasteiger partial charge in [0.25, 0.3) is 0 Å². The molecule has 6 nitrogen and oxygen atoms in total. The number of halogens is 3. The molecule has 140 valence electrons. The standard InChI is InChI=1S/C16H19F3O6/c17-16(18,19)10-5-3-9(4-6-10)2-1-7-24-15-14(23)13(22)12(21)11(8-20)25-15/h1-6,11-15,20-23H,7-8H2/b2-1+/t11-,12-,13+,14-,15-/m1/s1. The van der Waals surface area contributed by atoms with E-state index in [0.717, 1.165) is 12.1 Å². The second kappa shape index (κ2) is 8.26. The summed E-state index contributed by atoms with van der Waals surface area (Å²) in [7, 11) is 0. The van der Waals surface area contributed by atoms with Crippen molar-refractivity contribution in [1.29, 1.82) is 0 Å². The summed E-state index contributed by atoms with van der Waals surface area (Å²) in [6.07, 6.45) is -8.22. The second-order valence-corrected chi connectivity index (χ2v) is 5.55. The highest BCUT2D eigenvalue weighted by molar-refractivity contribution is 5.49. The molecule has 0 aromatic heterocycles. The number of aliphatic hydroxyl groups excluding tert-OH is 4. The van der Waals surface area contributed by atoms with E-state index in [-0.39, 0.29) is 6.61 Å². The number of hydrogen-bond donors (Lipinski definition) is 4. The molecule has 9 heteroatoms. The monoisotopic (exact) mass is 364 g/mol. The molecule has 0 aliphatic carbocycles. The van der Waals surface area contributed by atoms with E-state index in [4.69, 9.17) is 14.6 Å². The number of rotatable bonds is 5. The lowest BCUT2D eigenvalue weighted by Gasteiger charge is -2.39. The summed E-state index contributed by atoms with van der Waals surface area (Å²) in [5.74, 6) is 0. The number of ether oxygens (including phenoxy) is 2. The van der Waals surface area contributed by atoms with Gasteiger partial charge in [0, 0.05) is 0 Å². The number of hydrogen-bond acceptors (Lipinski definition) is 6. The molecule has 1 aliphatic heterocycles. The molecular weight excluding hydrogens is 345 g/mol. The molecule has 0 spiro atoms. The molecule has 2 rings (SSSR count). The Kier molecular flexibility index (Phi) is 6.55. The van der Waals surface area contributed by atoms with Crippen molar-refractivity contribution in [3.8, 4) is 0 Å². The maximum absolute atomic E-state index is 12.5. The lowest BCUT2D eigenvalue weighted by molar-refractivity contribution is -0.298. The molecule has 0 radical (unpaired) electrons. The maximum Gasteiger partial charge on any atom is 0.416 e. The van der Waals surface area contributed by atoms with Crippen molar-refractivity contribution in [2.75, 3.05) is 13.2 Å². The summed E-state index contributed by atoms with van der Waals surface area (Å²) >= 11 is 0. The lowest BCUT2D eigenvalue weighted by Crippen LogP contribution is -2.59. The minimum absolute atomic E-state index is 0.0658. The third-order valence-electron chi connectivity index (χ3n) is 3.75. The summed E-state index contributed by atoms with van der Waals surface area (Å²) in [5, 5.41) is 38.1. The highest BCUT2D eigenvalue weighted by Gasteiger charge is 2.43. The van der Waals surface area contributed by atoms with Gasteiger partial charge in [-0.2, -0.15) is 13.2 Å². The zero-order valence-corrected chi connectivity index (χ0v) is 13.0. The average molecular weight is 364 g/mol. The fourth-order valence-corrected chi connectivity index (χ4v) is 2.32. The summed E-state index contributed by atoms with van der Waals surface area (Å²) in [6.45, 7) is -0.629. The van der Waals surface area contributed by atoms with Gasteiger partial charge in [-0.25, -0.2) is 0 Å². The molecule has 0 bridgehead atoms. The van der Waals surface area contributed by atoms with Gasteiger partial charge in [-0.15, -0.1) is 0 Å². The molecule has 1 aromatic carbocycles. The maximum atomic E-state index is 12.5. The fraction of sp³-hybridized carbons (Fsp3) is 0.500. The van der Waals surface area contributed by atoms with Gasteiger partial charge in [-0.1, -0.05) is 24.3 Å². The van der Waals surface area contributed by atoms with Crippen molar-refractivity contribution in [2.24, 2.45) is 0 Å². The van der Waals surface area contributed by atoms with Crippen LogP contribution in [0.25, 0.3) is 6.08 Å². The fourth-order valence-electron chi connectivity index (χ4n) is 2.32. The largest absolute Gasteiger partial charge is 0.416 e. The highest BCUT2D eigenvalue weighted by Crippen LogP contribution is 2.29. The molecule has 4 N–H and O–H groups in total. The average Bonchev–Trinajstić information content (AvgIpc) is 2.58. The van der Waals surface area contributed by atoms with Crippen LogP contribution in [0.1, 0.15) is 11.1 Å². The van der Waals surface area contributed by atoms with Gasteiger partial charge in [0.1, 0.15) is 24.4 Å². The first-order chi connectivity index (χ1) is 11.7. The Morgan fingerprint density at radius 2 is 1.68 bits per heavy atom. The summed E-state index contributed by atoms with van der Waals surface area (Å²) < 4.78 is 47.7. The molecule has 1 heterocycles. The van der Waals surface area contributed by atoms with Crippen LogP contribution in [0.15, 0.2) is 30.3 Å². The van der Waals surface area contributed by atoms with Crippen molar-refractivity contribution in [2.45, 2.75) is 36.9 Å². The molecular formula is C16H19F3O6. The van der Waals surface area contributed by atoms with E-state index < -0.39 is 49.1 Å². The van der Waals surface area contributed by atoms with Crippen LogP contribution in [0.2, 0.25) is 0 Å². The quantitative estimate of drug-likeness (QED) is 0.609. The van der Waals surface area contributed by atoms with Gasteiger partial charge in [0.2, 0.25) is 0 Å². The van der Waals surface area contributed by atoms with Gasteiger partial charge in [0.05, 0.1) is 18.8 Å². The van der Waals surface area contributed by atoms with Crippen LogP contribution in [0.4, 0.5) is 13.2 Å². The summed E-state index contributed by atoms with van der Waals surface area (Å²) in [5.41, 5.74) is -0.229. The molecule has 1 aromatic rings. The summed E-state index contributed by atoms with van der Waals surface area (Å²) in [4.78, 5) is 0. The number of alkyl halides is 3. The molecule has 0 saturated carbocycles. The molecule has 1 aliphatic rings. The first kappa shape index (κ1) is 19.8. The Morgan fingerprint density at radius 3 is 2.24 bits per heavy atom. The first-order valence-corrected chi connectivity index (χ1v) is 7.50. The van der Waals surface area contributed by atoms with Gasteiger partial charge in [0.15, 0.2) is 6.29 Å². The SMILES string of the molecule is OC[C@H]1O[C@@H](OC/C=C/c2ccc(C(F)(F)F)cc2)[C@H](O)[C@@H](O)[C@@H]1O. The Bertz CT molecular complexity index is 572. The predicted molar refractivity (Wildman–Crippen MR) is 80.2 cm³/mol. The van der Waals surface area contributed by atoms with Crippen molar-refractivity contribution in [3.05, 3.63) is 41.5 Å². The van der Waals surface area contributed by atoms with E-state index in [1.807, 2.05) is 0 Å². The molecule has 5 atom stereocenters. The molecule has 1 fully saturated rings. The van der Waals surface area contributed by atoms with Crippen LogP contribution in [0.3, 0.4) is 0 Å². The van der Waals surface area contributed by atoms with Crippen LogP contribution in [-0.2, 0) is 15.7 Å². The summed E-state index contributed by atoms with van der Waals surface area (Å²) in [6, 6.07) is 4.51. The second-order valence-electron chi connectivity index (χ2n) is 5.55. The third-order valence-corrected chi connectivity index (χ3v) is 3.75. The van der Waals surface area contributed by atoms with Crippen LogP contribution in [-0.4, -0.2) is 64.3 Å². The minimum atomic E-state index is -4.39. The topological polar surface area (TPSA) is 99.4 Å². The van der Waals surface area contributed by atoms with Crippen LogP contribution >= 0.6 is 0 Å². The van der Waals surface area contributed by atoms with Gasteiger partial charge in [-0.05, 0) is 17.7 Å². The normalized spacial score (nSPS) is 30.8. The third kappa shape index (κ3) is 5.00. The highest BCUT2D eigenvalue weighted by atomic mass is 19.4. The Hall–Kier alpha value is -1.49. The van der Waals surface area contributed by atoms with E-state index in [2.05, 4.69) is 0 Å². The minimum Gasteiger partial charge on any atom is -0.394 e. The number of benzene rings is 1. The molecule has 0 amide bonds. The smallest absolute Gasteiger partial charge is 0.394 e. The molecule has 1 saturated heterocycles. The van der Waals surface area contributed by atoms with Crippen molar-refractivity contribution in [3.63, 3.8) is 0 Å². The van der Waals surface area contributed by atoms with Crippen molar-refractivity contribution >= 4 is 6.08 Å². The van der Waals surface area contributed by atoms with Gasteiger partial charge < -0.3 is 29.9 Å². The van der Waals surface area contributed by atoms with E-state index in [0.29, 0.717) is 5.56 Å². The Morgan fingerprint density at radius 1 is 1.04 bits per heavy atom. The molecule has 0 unspecified atom stereocenters. The lowest BCUT2D eigenvalue weighted by atomic mass is 9.99. The van der Waals surface area contributed by atoms with E-state index in [1.54, 1.807) is 0 Å². The first-order valence-electron chi connectivity index (χ1n) is 7.50. The zero-order chi connectivity index (χ0) is 18.6. The number of aliphatic hydroxyl groups is 4. The van der Waals surface area contributed by atoms with Crippen molar-refractivity contribution < 1.29 is 43.1 Å². The Balaban J connectivity index is 1.88. The van der Waals surface area contributed by atoms with Crippen LogP contribution in [0, 0.1) is 0 Å². The zero-order valence-electron chi connectivity index (χ0n) is 13.0. The van der Waals surface area contributed by atoms with E-state index >= 15 is 0 Å². The Labute approximate surface area is 141 Å². The van der Waals surface area contributed by atoms with E-state index in [9.17, 15) is 28.5 Å².